The van der Waals surface area contributed by atoms with Gasteiger partial charge in [0, 0.05) is 6.26 Å². The molecule has 0 atom stereocenters. The quantitative estimate of drug-likeness (QED) is 0.839. The second-order valence-electron chi connectivity index (χ2n) is 4.24. The fourth-order valence-corrected chi connectivity index (χ4v) is 2.45. The number of sulfone groups is 1. The molecule has 1 aromatic carbocycles. The summed E-state index contributed by atoms with van der Waals surface area (Å²) in [6.07, 6.45) is 2.66. The second kappa shape index (κ2) is 3.31. The van der Waals surface area contributed by atoms with Gasteiger partial charge in [-0.2, -0.15) is 0 Å². The van der Waals surface area contributed by atoms with Crippen LogP contribution in [0.4, 0.5) is 0 Å². The van der Waals surface area contributed by atoms with Crippen LogP contribution in [-0.4, -0.2) is 20.6 Å². The molecule has 0 spiro atoms. The summed E-state index contributed by atoms with van der Waals surface area (Å²) in [6, 6.07) is 6.39. The highest BCUT2D eigenvalue weighted by molar-refractivity contribution is 7.90. The Balaban J connectivity index is 2.38. The van der Waals surface area contributed by atoms with E-state index in [1.165, 1.54) is 12.1 Å². The maximum absolute atomic E-state index is 11.3. The fourth-order valence-electron chi connectivity index (χ4n) is 1.82. The third-order valence-corrected chi connectivity index (χ3v) is 4.19. The molecular weight excluding hydrogens is 226 g/mol. The average Bonchev–Trinajstić information content (AvgIpc) is 2.97. The van der Waals surface area contributed by atoms with Crippen LogP contribution in [0.15, 0.2) is 29.2 Å². The van der Waals surface area contributed by atoms with Gasteiger partial charge in [0.2, 0.25) is 5.91 Å². The highest BCUT2D eigenvalue weighted by atomic mass is 32.2. The van der Waals surface area contributed by atoms with Crippen molar-refractivity contribution in [1.82, 2.24) is 0 Å². The zero-order chi connectivity index (χ0) is 12.0. The van der Waals surface area contributed by atoms with Gasteiger partial charge < -0.3 is 5.73 Å². The van der Waals surface area contributed by atoms with Crippen molar-refractivity contribution in [3.63, 3.8) is 0 Å². The minimum Gasteiger partial charge on any atom is -0.369 e. The summed E-state index contributed by atoms with van der Waals surface area (Å²) >= 11 is 0. The standard InChI is InChI=1S/C11H13NO3S/c1-16(14,15)9-4-2-8(3-5-9)11(6-7-11)10(12)13/h2-5H,6-7H2,1H3,(H2,12,13). The molecule has 1 fully saturated rings. The van der Waals surface area contributed by atoms with Crippen molar-refractivity contribution in [3.8, 4) is 0 Å². The molecule has 2 N–H and O–H groups in total. The fraction of sp³-hybridized carbons (Fsp3) is 0.364. The van der Waals surface area contributed by atoms with E-state index in [2.05, 4.69) is 0 Å². The number of carbonyl (C=O) groups excluding carboxylic acids is 1. The molecule has 4 nitrogen and oxygen atoms in total. The van der Waals surface area contributed by atoms with Crippen LogP contribution in [-0.2, 0) is 20.0 Å². The summed E-state index contributed by atoms with van der Waals surface area (Å²) in [4.78, 5) is 11.5. The number of nitrogens with two attached hydrogens (primary N) is 1. The van der Waals surface area contributed by atoms with Gasteiger partial charge in [-0.15, -0.1) is 0 Å². The van der Waals surface area contributed by atoms with Crippen molar-refractivity contribution < 1.29 is 13.2 Å². The van der Waals surface area contributed by atoms with Crippen molar-refractivity contribution in [2.24, 2.45) is 5.73 Å². The van der Waals surface area contributed by atoms with Gasteiger partial charge in [-0.25, -0.2) is 8.42 Å². The summed E-state index contributed by atoms with van der Waals surface area (Å²) < 4.78 is 22.5. The number of hydrogen-bond acceptors (Lipinski definition) is 3. The van der Waals surface area contributed by atoms with Gasteiger partial charge in [0.15, 0.2) is 9.84 Å². The Hall–Kier alpha value is -1.36. The summed E-state index contributed by atoms with van der Waals surface area (Å²) in [6.45, 7) is 0. The second-order valence-corrected chi connectivity index (χ2v) is 6.26. The summed E-state index contributed by atoms with van der Waals surface area (Å²) in [7, 11) is -3.18. The van der Waals surface area contributed by atoms with Crippen molar-refractivity contribution in [2.75, 3.05) is 6.26 Å². The predicted molar refractivity (Wildman–Crippen MR) is 59.7 cm³/mol. The molecular formula is C11H13NO3S. The van der Waals surface area contributed by atoms with Crippen molar-refractivity contribution in [3.05, 3.63) is 29.8 Å². The third-order valence-electron chi connectivity index (χ3n) is 3.06. The molecule has 1 aromatic rings. The van der Waals surface area contributed by atoms with E-state index in [9.17, 15) is 13.2 Å². The van der Waals surface area contributed by atoms with E-state index in [-0.39, 0.29) is 10.8 Å². The molecule has 0 aromatic heterocycles. The Bertz CT molecular complexity index is 527. The van der Waals surface area contributed by atoms with Crippen LogP contribution in [0.3, 0.4) is 0 Å². The van der Waals surface area contributed by atoms with Gasteiger partial charge in [0.1, 0.15) is 0 Å². The van der Waals surface area contributed by atoms with E-state index in [1.807, 2.05) is 0 Å². The molecule has 0 radical (unpaired) electrons. The topological polar surface area (TPSA) is 77.2 Å². The lowest BCUT2D eigenvalue weighted by Crippen LogP contribution is -2.28. The van der Waals surface area contributed by atoms with Gasteiger partial charge in [-0.05, 0) is 30.5 Å². The molecule has 5 heteroatoms. The van der Waals surface area contributed by atoms with Crippen LogP contribution in [0.5, 0.6) is 0 Å². The number of hydrogen-bond donors (Lipinski definition) is 1. The van der Waals surface area contributed by atoms with E-state index in [1.54, 1.807) is 12.1 Å². The van der Waals surface area contributed by atoms with Gasteiger partial charge >= 0.3 is 0 Å². The lowest BCUT2D eigenvalue weighted by molar-refractivity contribution is -0.120. The first kappa shape index (κ1) is 11.1. The summed E-state index contributed by atoms with van der Waals surface area (Å²) in [5, 5.41) is 0. The van der Waals surface area contributed by atoms with Crippen molar-refractivity contribution in [1.29, 1.82) is 0 Å². The third kappa shape index (κ3) is 1.71. The zero-order valence-corrected chi connectivity index (χ0v) is 9.75. The first-order chi connectivity index (χ1) is 7.36. The number of amides is 1. The van der Waals surface area contributed by atoms with Gasteiger partial charge in [-0.1, -0.05) is 12.1 Å². The molecule has 1 aliphatic carbocycles. The summed E-state index contributed by atoms with van der Waals surface area (Å²) in [5.74, 6) is -0.334. The van der Waals surface area contributed by atoms with Crippen LogP contribution < -0.4 is 5.73 Å². The molecule has 2 rings (SSSR count). The Morgan fingerprint density at radius 3 is 2.06 bits per heavy atom. The van der Waals surface area contributed by atoms with E-state index in [4.69, 9.17) is 5.73 Å². The molecule has 0 bridgehead atoms. The lowest BCUT2D eigenvalue weighted by Gasteiger charge is -2.11. The Kier molecular flexibility index (Phi) is 2.31. The van der Waals surface area contributed by atoms with Crippen LogP contribution in [0, 0.1) is 0 Å². The first-order valence-electron chi connectivity index (χ1n) is 4.97. The van der Waals surface area contributed by atoms with Gasteiger partial charge in [0.25, 0.3) is 0 Å². The highest BCUT2D eigenvalue weighted by Crippen LogP contribution is 2.47. The van der Waals surface area contributed by atoms with E-state index in [0.29, 0.717) is 0 Å². The number of carbonyl (C=O) groups is 1. The van der Waals surface area contributed by atoms with Gasteiger partial charge in [-0.3, -0.25) is 4.79 Å². The largest absolute Gasteiger partial charge is 0.369 e. The maximum atomic E-state index is 11.3. The number of rotatable bonds is 3. The van der Waals surface area contributed by atoms with Crippen molar-refractivity contribution >= 4 is 15.7 Å². The Morgan fingerprint density at radius 1 is 1.25 bits per heavy atom. The van der Waals surface area contributed by atoms with Crippen LogP contribution in [0.1, 0.15) is 18.4 Å². The predicted octanol–water partition coefficient (Wildman–Crippen LogP) is 0.607. The lowest BCUT2D eigenvalue weighted by atomic mass is 9.95. The molecule has 0 unspecified atom stereocenters. The van der Waals surface area contributed by atoms with Crippen LogP contribution >= 0.6 is 0 Å². The Labute approximate surface area is 94.4 Å². The van der Waals surface area contributed by atoms with E-state index < -0.39 is 15.3 Å². The normalized spacial score (nSPS) is 18.1. The zero-order valence-electron chi connectivity index (χ0n) is 8.93. The maximum Gasteiger partial charge on any atom is 0.228 e. The minimum atomic E-state index is -3.18. The smallest absolute Gasteiger partial charge is 0.228 e. The number of benzene rings is 1. The molecule has 0 heterocycles. The molecule has 86 valence electrons. The van der Waals surface area contributed by atoms with Gasteiger partial charge in [0.05, 0.1) is 10.3 Å². The monoisotopic (exact) mass is 239 g/mol. The SMILES string of the molecule is CS(=O)(=O)c1ccc(C2(C(N)=O)CC2)cc1. The summed E-state index contributed by atoms with van der Waals surface area (Å²) in [5.41, 5.74) is 5.60. The molecule has 0 saturated heterocycles. The molecule has 16 heavy (non-hydrogen) atoms. The van der Waals surface area contributed by atoms with E-state index in [0.717, 1.165) is 24.7 Å². The first-order valence-corrected chi connectivity index (χ1v) is 6.86. The minimum absolute atomic E-state index is 0.261. The van der Waals surface area contributed by atoms with E-state index >= 15 is 0 Å². The highest BCUT2D eigenvalue weighted by Gasteiger charge is 2.49. The number of primary amides is 1. The molecule has 0 aliphatic heterocycles. The molecule has 1 aliphatic rings. The average molecular weight is 239 g/mol. The molecule has 1 amide bonds. The Morgan fingerprint density at radius 2 is 1.75 bits per heavy atom. The van der Waals surface area contributed by atoms with Crippen LogP contribution in [0.25, 0.3) is 0 Å². The molecule has 1 saturated carbocycles. The van der Waals surface area contributed by atoms with Crippen LogP contribution in [0.2, 0.25) is 0 Å². The van der Waals surface area contributed by atoms with Crippen molar-refractivity contribution in [2.45, 2.75) is 23.2 Å².